The third-order valence-electron chi connectivity index (χ3n) is 11.2. The highest BCUT2D eigenvalue weighted by Gasteiger charge is 2.42. The Morgan fingerprint density at radius 1 is 0.830 bits per heavy atom. The molecule has 3 N–H and O–H groups in total. The minimum Gasteiger partial charge on any atom is -1.00 e. The average molecular weight is 854 g/mol. The minimum absolute atomic E-state index is 0. The number of rotatable bonds is 12. The van der Waals surface area contributed by atoms with E-state index < -0.39 is 11.0 Å². The highest BCUT2D eigenvalue weighted by molar-refractivity contribution is 6.30. The Balaban J connectivity index is 0.000000232. The van der Waals surface area contributed by atoms with Gasteiger partial charge in [0.05, 0.1) is 32.3 Å². The van der Waals surface area contributed by atoms with E-state index in [-0.39, 0.29) is 41.5 Å². The molecule has 2 aliphatic rings. The van der Waals surface area contributed by atoms with Gasteiger partial charge in [-0.25, -0.2) is 4.39 Å². The number of piperidine rings is 1. The summed E-state index contributed by atoms with van der Waals surface area (Å²) in [4.78, 5) is 27.3. The predicted molar refractivity (Wildman–Crippen MR) is 208 cm³/mol. The minimum atomic E-state index is -0.801. The Morgan fingerprint density at radius 3 is 1.87 bits per heavy atom. The van der Waals surface area contributed by atoms with Crippen molar-refractivity contribution in [3.05, 3.63) is 142 Å². The fourth-order valence-electron chi connectivity index (χ4n) is 7.86. The molecule has 284 valence electrons. The molecule has 0 radical (unpaired) electrons. The highest BCUT2D eigenvalue weighted by atomic mass is 127. The lowest BCUT2D eigenvalue weighted by Crippen LogP contribution is -3.00. The number of carbonyl (C=O) groups is 2. The highest BCUT2D eigenvalue weighted by Crippen LogP contribution is 2.37. The summed E-state index contributed by atoms with van der Waals surface area (Å²) in [5.74, 6) is -0.543. The number of benzene rings is 4. The average Bonchev–Trinajstić information content (AvgIpc) is 3.38. The van der Waals surface area contributed by atoms with E-state index in [0.29, 0.717) is 29.8 Å². The first kappa shape index (κ1) is 42.6. The van der Waals surface area contributed by atoms with Crippen LogP contribution in [-0.2, 0) is 15.8 Å². The molecule has 0 bridgehead atoms. The molecule has 2 saturated heterocycles. The van der Waals surface area contributed by atoms with Crippen LogP contribution in [0.1, 0.15) is 84.8 Å². The first-order valence-electron chi connectivity index (χ1n) is 18.8. The number of aliphatic hydroxyl groups is 1. The van der Waals surface area contributed by atoms with Gasteiger partial charge >= 0.3 is 0 Å². The van der Waals surface area contributed by atoms with Gasteiger partial charge in [0.25, 0.3) is 0 Å². The third-order valence-corrected chi connectivity index (χ3v) is 11.5. The molecule has 0 aromatic heterocycles. The zero-order chi connectivity index (χ0) is 37.0. The van der Waals surface area contributed by atoms with E-state index in [1.54, 1.807) is 0 Å². The SMILES string of the molecule is C[N+]1(CCC(C(N)=O)(c2ccccc2)c2ccccc2)CCCCCC1.O=C(CCCN1CCC(O)(c2ccc(Cl)cc2)CC1)c1ccc(F)cc1.[I-]. The van der Waals surface area contributed by atoms with Crippen LogP contribution in [0.5, 0.6) is 0 Å². The summed E-state index contributed by atoms with van der Waals surface area (Å²) in [6, 6.07) is 33.2. The first-order valence-corrected chi connectivity index (χ1v) is 19.1. The van der Waals surface area contributed by atoms with Crippen molar-refractivity contribution in [1.82, 2.24) is 4.90 Å². The van der Waals surface area contributed by atoms with E-state index >= 15 is 0 Å². The largest absolute Gasteiger partial charge is 1.00 e. The van der Waals surface area contributed by atoms with E-state index in [2.05, 4.69) is 11.9 Å². The molecule has 53 heavy (non-hydrogen) atoms. The second-order valence-electron chi connectivity index (χ2n) is 14.9. The zero-order valence-corrected chi connectivity index (χ0v) is 33.8. The van der Waals surface area contributed by atoms with Gasteiger partial charge in [-0.15, -0.1) is 0 Å². The number of likely N-dealkylation sites (tertiary alicyclic amines) is 2. The van der Waals surface area contributed by atoms with Crippen LogP contribution < -0.4 is 29.7 Å². The van der Waals surface area contributed by atoms with E-state index in [1.165, 1.54) is 63.0 Å². The lowest BCUT2D eigenvalue weighted by molar-refractivity contribution is -0.909. The number of primary amides is 1. The van der Waals surface area contributed by atoms with Gasteiger partial charge in [-0.3, -0.25) is 9.59 Å². The number of Topliss-reactive ketones (excluding diaryl/α,β-unsaturated/α-hetero) is 1. The van der Waals surface area contributed by atoms with Crippen molar-refractivity contribution in [2.45, 2.75) is 68.8 Å². The lowest BCUT2D eigenvalue weighted by atomic mass is 9.71. The number of nitrogens with two attached hydrogens (primary N) is 1. The summed E-state index contributed by atoms with van der Waals surface area (Å²) in [6.07, 6.45) is 8.49. The topological polar surface area (TPSA) is 83.6 Å². The standard InChI is InChI=1S/C23H30N2O.C21H23ClFNO2.HI/c1-25(17-10-2-3-11-18-25)19-16-23(22(24)26,20-12-6-4-7-13-20)21-14-8-5-9-15-21;22-18-7-5-17(6-8-18)21(26)11-14-24(15-12-21)13-1-2-20(25)16-3-9-19(23)10-4-16;/h4-9,12-15H,2-3,10-11,16-19H2,1H3,(H-,24,26);3-10,26H,1-2,11-15H2;1H. The molecule has 4 aromatic rings. The van der Waals surface area contributed by atoms with Gasteiger partial charge in [-0.1, -0.05) is 84.4 Å². The molecule has 0 unspecified atom stereocenters. The number of carbonyl (C=O) groups excluding carboxylic acids is 2. The van der Waals surface area contributed by atoms with Gasteiger partial charge in [0.15, 0.2) is 5.78 Å². The predicted octanol–water partition coefficient (Wildman–Crippen LogP) is 5.30. The molecule has 6 rings (SSSR count). The first-order chi connectivity index (χ1) is 25.0. The third kappa shape index (κ3) is 11.4. The second-order valence-corrected chi connectivity index (χ2v) is 15.3. The maximum atomic E-state index is 12.9. The van der Waals surface area contributed by atoms with Gasteiger partial charge < -0.3 is 44.2 Å². The normalized spacial score (nSPS) is 17.0. The Labute approximate surface area is 337 Å². The lowest BCUT2D eigenvalue weighted by Gasteiger charge is -2.38. The van der Waals surface area contributed by atoms with Gasteiger partial charge in [-0.2, -0.15) is 0 Å². The smallest absolute Gasteiger partial charge is 0.232 e. The monoisotopic (exact) mass is 853 g/mol. The van der Waals surface area contributed by atoms with Crippen LogP contribution in [0.4, 0.5) is 4.39 Å². The van der Waals surface area contributed by atoms with Crippen molar-refractivity contribution >= 4 is 23.3 Å². The van der Waals surface area contributed by atoms with E-state index in [4.69, 9.17) is 17.3 Å². The molecular weight excluding hydrogens is 800 g/mol. The molecule has 2 aliphatic heterocycles. The molecule has 0 atom stereocenters. The molecule has 1 amide bonds. The fraction of sp³-hybridized carbons (Fsp3) is 0.409. The van der Waals surface area contributed by atoms with Crippen molar-refractivity contribution < 1.29 is 47.5 Å². The number of halogens is 3. The van der Waals surface area contributed by atoms with Crippen LogP contribution in [0.3, 0.4) is 0 Å². The zero-order valence-electron chi connectivity index (χ0n) is 30.9. The Kier molecular flexibility index (Phi) is 16.0. The molecule has 0 aliphatic carbocycles. The van der Waals surface area contributed by atoms with Gasteiger partial charge in [0.2, 0.25) is 5.91 Å². The maximum absolute atomic E-state index is 12.9. The van der Waals surface area contributed by atoms with E-state index in [9.17, 15) is 19.1 Å². The van der Waals surface area contributed by atoms with Crippen molar-refractivity contribution in [1.29, 1.82) is 0 Å². The summed E-state index contributed by atoms with van der Waals surface area (Å²) in [7, 11) is 2.34. The van der Waals surface area contributed by atoms with Crippen LogP contribution in [0.15, 0.2) is 109 Å². The van der Waals surface area contributed by atoms with Crippen molar-refractivity contribution in [2.24, 2.45) is 5.73 Å². The van der Waals surface area contributed by atoms with Crippen LogP contribution in [0, 0.1) is 5.82 Å². The Hall–Kier alpha value is -3.15. The van der Waals surface area contributed by atoms with Gasteiger partial charge in [-0.05, 0) is 105 Å². The Morgan fingerprint density at radius 2 is 1.36 bits per heavy atom. The maximum Gasteiger partial charge on any atom is 0.232 e. The van der Waals surface area contributed by atoms with E-state index in [0.717, 1.165) is 60.2 Å². The summed E-state index contributed by atoms with van der Waals surface area (Å²) in [5, 5.41) is 11.5. The number of nitrogens with zero attached hydrogens (tertiary/aromatic N) is 2. The molecule has 4 aromatic carbocycles. The number of ketones is 1. The van der Waals surface area contributed by atoms with Gasteiger partial charge in [0, 0.05) is 36.5 Å². The summed E-state index contributed by atoms with van der Waals surface area (Å²) in [6.45, 7) is 5.76. The fourth-order valence-corrected chi connectivity index (χ4v) is 7.99. The quantitative estimate of drug-likeness (QED) is 0.115. The molecule has 6 nitrogen and oxygen atoms in total. The van der Waals surface area contributed by atoms with Crippen molar-refractivity contribution in [3.8, 4) is 0 Å². The molecule has 2 heterocycles. The summed E-state index contributed by atoms with van der Waals surface area (Å²) in [5.41, 5.74) is 7.98. The number of quaternary nitrogens is 1. The Bertz CT molecular complexity index is 1670. The van der Waals surface area contributed by atoms with Crippen LogP contribution in [-0.4, -0.2) is 72.5 Å². The van der Waals surface area contributed by atoms with Crippen LogP contribution >= 0.6 is 11.6 Å². The molecular formula is C44H54ClFIN3O3. The molecule has 2 fully saturated rings. The number of hydrogen-bond donors (Lipinski definition) is 2. The van der Waals surface area contributed by atoms with Crippen LogP contribution in [0.2, 0.25) is 5.02 Å². The van der Waals surface area contributed by atoms with Crippen molar-refractivity contribution in [2.75, 3.05) is 46.3 Å². The van der Waals surface area contributed by atoms with Gasteiger partial charge in [0.1, 0.15) is 11.2 Å². The second kappa shape index (κ2) is 20.0. The molecule has 0 spiro atoms. The van der Waals surface area contributed by atoms with E-state index in [1.807, 2.05) is 84.9 Å². The molecule has 9 heteroatoms. The number of amides is 1. The van der Waals surface area contributed by atoms with Crippen LogP contribution in [0.25, 0.3) is 0 Å². The number of hydrogen-bond acceptors (Lipinski definition) is 4. The summed E-state index contributed by atoms with van der Waals surface area (Å²) < 4.78 is 13.9. The van der Waals surface area contributed by atoms with Crippen molar-refractivity contribution in [3.63, 3.8) is 0 Å². The summed E-state index contributed by atoms with van der Waals surface area (Å²) >= 11 is 5.92. The molecule has 0 saturated carbocycles.